The van der Waals surface area contributed by atoms with Crippen LogP contribution in [0.2, 0.25) is 0 Å². The van der Waals surface area contributed by atoms with Gasteiger partial charge in [0.25, 0.3) is 0 Å². The van der Waals surface area contributed by atoms with Crippen molar-refractivity contribution in [3.8, 4) is 22.9 Å². The molecule has 0 aliphatic carbocycles. The van der Waals surface area contributed by atoms with E-state index in [1.54, 1.807) is 23.1 Å². The van der Waals surface area contributed by atoms with Crippen molar-refractivity contribution >= 4 is 35.1 Å². The van der Waals surface area contributed by atoms with Gasteiger partial charge in [-0.25, -0.2) is 14.5 Å². The van der Waals surface area contributed by atoms with Gasteiger partial charge >= 0.3 is 12.4 Å². The number of nitrogens with one attached hydrogen (secondary N) is 2. The van der Waals surface area contributed by atoms with Crippen molar-refractivity contribution in [2.24, 2.45) is 0 Å². The molecular weight excluding hydrogens is 625 g/mol. The van der Waals surface area contributed by atoms with Gasteiger partial charge in [-0.15, -0.1) is 30.0 Å². The number of amides is 3. The average molecular weight is 657 g/mol. The minimum Gasteiger partial charge on any atom is -0.494 e. The molecular formula is C31H31F3N6O5S. The Morgan fingerprint density at radius 1 is 1.09 bits per heavy atom. The van der Waals surface area contributed by atoms with Gasteiger partial charge < -0.3 is 24.8 Å². The molecule has 4 aromatic rings. The molecule has 1 atom stereocenters. The van der Waals surface area contributed by atoms with E-state index in [1.165, 1.54) is 54.1 Å². The van der Waals surface area contributed by atoms with Crippen LogP contribution in [0.5, 0.6) is 17.2 Å². The van der Waals surface area contributed by atoms with Crippen LogP contribution >= 0.6 is 11.8 Å². The summed E-state index contributed by atoms with van der Waals surface area (Å²) in [6.07, 6.45) is -3.37. The Balaban J connectivity index is 1.20. The van der Waals surface area contributed by atoms with Crippen LogP contribution in [0.3, 0.4) is 0 Å². The minimum atomic E-state index is -4.78. The Bertz CT molecular complexity index is 1710. The maximum absolute atomic E-state index is 13.1. The van der Waals surface area contributed by atoms with Gasteiger partial charge in [0.05, 0.1) is 29.9 Å². The van der Waals surface area contributed by atoms with Crippen molar-refractivity contribution < 1.29 is 37.0 Å². The van der Waals surface area contributed by atoms with Crippen molar-refractivity contribution in [3.63, 3.8) is 0 Å². The van der Waals surface area contributed by atoms with E-state index in [1.807, 2.05) is 25.1 Å². The Hall–Kier alpha value is -4.92. The molecule has 242 valence electrons. The van der Waals surface area contributed by atoms with Gasteiger partial charge in [-0.1, -0.05) is 26.0 Å². The molecule has 11 nitrogen and oxygen atoms in total. The van der Waals surface area contributed by atoms with E-state index in [0.717, 1.165) is 16.8 Å². The third kappa shape index (κ3) is 7.83. The van der Waals surface area contributed by atoms with Crippen molar-refractivity contribution in [2.75, 3.05) is 23.1 Å². The average Bonchev–Trinajstić information content (AvgIpc) is 3.62. The summed E-state index contributed by atoms with van der Waals surface area (Å²) in [5.41, 5.74) is 3.07. The second-order valence-electron chi connectivity index (χ2n) is 10.5. The lowest BCUT2D eigenvalue weighted by atomic mass is 9.98. The standard InChI is InChI=1S/C31H31F3N6O5S/c1-18(2)23-11-5-19(3)13-25(23)40-28(41)16-46-30(40)37-29(42)36-24-12-10-22(14-26(24)43-4)44-15-27-35-17-39(38-27)20-6-8-21(9-7-20)45-31(32,33)34/h5-14,17-18,30H,15-16H2,1-4H3,(H2,36,37,42). The second-order valence-corrected chi connectivity index (χ2v) is 11.6. The molecule has 46 heavy (non-hydrogen) atoms. The summed E-state index contributed by atoms with van der Waals surface area (Å²) in [4.78, 5) is 31.8. The molecule has 2 heterocycles. The van der Waals surface area contributed by atoms with Crippen LogP contribution in [0, 0.1) is 6.92 Å². The van der Waals surface area contributed by atoms with E-state index in [0.29, 0.717) is 28.7 Å². The number of urea groups is 1. The number of carbonyl (C=O) groups excluding carboxylic acids is 2. The number of hydrogen-bond donors (Lipinski definition) is 2. The fourth-order valence-electron chi connectivity index (χ4n) is 4.71. The van der Waals surface area contributed by atoms with E-state index < -0.39 is 17.9 Å². The smallest absolute Gasteiger partial charge is 0.494 e. The molecule has 3 aromatic carbocycles. The molecule has 1 aliphatic heterocycles. The summed E-state index contributed by atoms with van der Waals surface area (Å²) in [7, 11) is 1.45. The van der Waals surface area contributed by atoms with Crippen LogP contribution in [-0.2, 0) is 11.4 Å². The predicted octanol–water partition coefficient (Wildman–Crippen LogP) is 6.37. The first-order chi connectivity index (χ1) is 21.9. The zero-order valence-corrected chi connectivity index (χ0v) is 26.1. The zero-order valence-electron chi connectivity index (χ0n) is 25.3. The molecule has 0 spiro atoms. The number of ether oxygens (including phenoxy) is 3. The number of anilines is 2. The molecule has 0 saturated carbocycles. The number of aryl methyl sites for hydroxylation is 1. The maximum atomic E-state index is 13.1. The first-order valence-electron chi connectivity index (χ1n) is 14.1. The summed E-state index contributed by atoms with van der Waals surface area (Å²) in [6, 6.07) is 15.5. The number of nitrogens with zero attached hydrogens (tertiary/aromatic N) is 4. The number of halogens is 3. The Labute approximate surface area is 267 Å². The van der Waals surface area contributed by atoms with Crippen LogP contribution in [-0.4, -0.2) is 51.4 Å². The highest BCUT2D eigenvalue weighted by Crippen LogP contribution is 2.36. The monoisotopic (exact) mass is 656 g/mol. The SMILES string of the molecule is COc1cc(OCc2ncn(-c3ccc(OC(F)(F)F)cc3)n2)ccc1NC(=O)NC1SCC(=O)N1c1cc(C)ccc1C(C)C. The van der Waals surface area contributed by atoms with E-state index in [-0.39, 0.29) is 29.9 Å². The number of carbonyl (C=O) groups is 2. The van der Waals surface area contributed by atoms with Crippen LogP contribution < -0.4 is 29.7 Å². The van der Waals surface area contributed by atoms with Gasteiger partial charge in [0, 0.05) is 6.07 Å². The quantitative estimate of drug-likeness (QED) is 0.202. The van der Waals surface area contributed by atoms with Crippen molar-refractivity contribution in [2.45, 2.75) is 45.2 Å². The van der Waals surface area contributed by atoms with Crippen LogP contribution in [0.25, 0.3) is 5.69 Å². The highest BCUT2D eigenvalue weighted by molar-refractivity contribution is 8.01. The summed E-state index contributed by atoms with van der Waals surface area (Å²) < 4.78 is 53.8. The lowest BCUT2D eigenvalue weighted by Crippen LogP contribution is -2.46. The molecule has 3 amide bonds. The molecule has 1 saturated heterocycles. The normalized spacial score (nSPS) is 14.8. The summed E-state index contributed by atoms with van der Waals surface area (Å²) in [6.45, 7) is 6.06. The highest BCUT2D eigenvalue weighted by atomic mass is 32.2. The fraction of sp³-hybridized carbons (Fsp3) is 0.290. The molecule has 1 aromatic heterocycles. The Kier molecular flexibility index (Phi) is 9.60. The van der Waals surface area contributed by atoms with E-state index in [9.17, 15) is 22.8 Å². The molecule has 2 N–H and O–H groups in total. The molecule has 0 radical (unpaired) electrons. The third-order valence-electron chi connectivity index (χ3n) is 6.85. The van der Waals surface area contributed by atoms with E-state index >= 15 is 0 Å². The van der Waals surface area contributed by atoms with Crippen LogP contribution in [0.4, 0.5) is 29.3 Å². The first-order valence-corrected chi connectivity index (χ1v) is 15.1. The van der Waals surface area contributed by atoms with Crippen LogP contribution in [0.15, 0.2) is 67.0 Å². The summed E-state index contributed by atoms with van der Waals surface area (Å²) in [5.74, 6) is 1.05. The summed E-state index contributed by atoms with van der Waals surface area (Å²) in [5, 5.41) is 9.96. The molecule has 0 bridgehead atoms. The fourth-order valence-corrected chi connectivity index (χ4v) is 5.72. The number of methoxy groups -OCH3 is 1. The van der Waals surface area contributed by atoms with Crippen molar-refractivity contribution in [1.29, 1.82) is 0 Å². The van der Waals surface area contributed by atoms with Gasteiger partial charge in [0.2, 0.25) is 5.91 Å². The van der Waals surface area contributed by atoms with Crippen molar-refractivity contribution in [1.82, 2.24) is 20.1 Å². The van der Waals surface area contributed by atoms with Gasteiger partial charge in [-0.3, -0.25) is 9.69 Å². The van der Waals surface area contributed by atoms with Gasteiger partial charge in [0.1, 0.15) is 30.2 Å². The lowest BCUT2D eigenvalue weighted by molar-refractivity contribution is -0.274. The van der Waals surface area contributed by atoms with E-state index in [4.69, 9.17) is 9.47 Å². The number of benzene rings is 3. The molecule has 1 aliphatic rings. The number of alkyl halides is 3. The zero-order chi connectivity index (χ0) is 33.0. The van der Waals surface area contributed by atoms with Crippen LogP contribution in [0.1, 0.15) is 36.7 Å². The van der Waals surface area contributed by atoms with Gasteiger partial charge in [-0.2, -0.15) is 0 Å². The molecule has 1 unspecified atom stereocenters. The van der Waals surface area contributed by atoms with Gasteiger partial charge in [-0.05, 0) is 66.4 Å². The van der Waals surface area contributed by atoms with E-state index in [2.05, 4.69) is 39.3 Å². The molecule has 15 heteroatoms. The maximum Gasteiger partial charge on any atom is 0.573 e. The van der Waals surface area contributed by atoms with Crippen molar-refractivity contribution in [3.05, 3.63) is 83.9 Å². The molecule has 1 fully saturated rings. The highest BCUT2D eigenvalue weighted by Gasteiger charge is 2.36. The number of aromatic nitrogens is 3. The minimum absolute atomic E-state index is 0.0151. The lowest BCUT2D eigenvalue weighted by Gasteiger charge is -2.28. The number of hydrogen-bond acceptors (Lipinski definition) is 8. The second kappa shape index (κ2) is 13.6. The first kappa shape index (κ1) is 32.5. The Morgan fingerprint density at radius 3 is 2.52 bits per heavy atom. The molecule has 5 rings (SSSR count). The number of rotatable bonds is 10. The number of thioether (sulfide) groups is 1. The predicted molar refractivity (Wildman–Crippen MR) is 167 cm³/mol. The third-order valence-corrected chi connectivity index (χ3v) is 7.91. The Morgan fingerprint density at radius 2 is 1.83 bits per heavy atom. The largest absolute Gasteiger partial charge is 0.573 e. The van der Waals surface area contributed by atoms with Gasteiger partial charge in [0.15, 0.2) is 11.3 Å². The summed E-state index contributed by atoms with van der Waals surface area (Å²) >= 11 is 1.33. The topological polar surface area (TPSA) is 120 Å².